The zero-order valence-corrected chi connectivity index (χ0v) is 16.3. The van der Waals surface area contributed by atoms with Gasteiger partial charge in [-0.25, -0.2) is 10.4 Å². The molecular weight excluding hydrogens is 368 g/mol. The first kappa shape index (κ1) is 18.5. The van der Waals surface area contributed by atoms with Gasteiger partial charge in [0.1, 0.15) is 5.82 Å². The molecule has 7 heteroatoms. The van der Waals surface area contributed by atoms with E-state index in [0.29, 0.717) is 11.3 Å². The maximum Gasteiger partial charge on any atom is 0.307 e. The molecule has 146 valence electrons. The molecule has 3 heterocycles. The van der Waals surface area contributed by atoms with Crippen LogP contribution in [0.25, 0.3) is 16.8 Å². The number of hydrazone groups is 1. The standard InChI is InChI=1S/C22H20N4O3/c1-14-11-17(15(2)26(14)20-9-4-5-10-23-20)13-24-25-22(27)19-12-16-7-6-8-18(28-3)21(16)29-19/h4-13H,1-3H3,(H,25,27)/b24-13+. The summed E-state index contributed by atoms with van der Waals surface area (Å²) in [6.45, 7) is 3.98. The molecule has 0 aliphatic heterocycles. The number of carbonyl (C=O) groups is 1. The van der Waals surface area contributed by atoms with Crippen molar-refractivity contribution in [1.82, 2.24) is 15.0 Å². The van der Waals surface area contributed by atoms with Gasteiger partial charge in [0.15, 0.2) is 17.1 Å². The second-order valence-electron chi connectivity index (χ2n) is 6.54. The van der Waals surface area contributed by atoms with Crippen LogP contribution in [-0.4, -0.2) is 28.8 Å². The van der Waals surface area contributed by atoms with Crippen LogP contribution in [0.5, 0.6) is 5.75 Å². The molecule has 0 saturated heterocycles. The van der Waals surface area contributed by atoms with Gasteiger partial charge >= 0.3 is 5.91 Å². The number of amides is 1. The van der Waals surface area contributed by atoms with Crippen LogP contribution < -0.4 is 10.2 Å². The fraction of sp³-hybridized carbons (Fsp3) is 0.136. The predicted octanol–water partition coefficient (Wildman–Crippen LogP) is 4.01. The predicted molar refractivity (Wildman–Crippen MR) is 111 cm³/mol. The Kier molecular flexibility index (Phi) is 4.87. The summed E-state index contributed by atoms with van der Waals surface area (Å²) in [5, 5.41) is 4.88. The van der Waals surface area contributed by atoms with Crippen molar-refractivity contribution in [3.63, 3.8) is 0 Å². The van der Waals surface area contributed by atoms with Crippen LogP contribution in [0.1, 0.15) is 27.5 Å². The van der Waals surface area contributed by atoms with Crippen LogP contribution in [0.2, 0.25) is 0 Å². The van der Waals surface area contributed by atoms with Crippen molar-refractivity contribution in [1.29, 1.82) is 0 Å². The Bertz CT molecular complexity index is 1210. The molecule has 0 radical (unpaired) electrons. The smallest absolute Gasteiger partial charge is 0.307 e. The molecule has 29 heavy (non-hydrogen) atoms. The number of rotatable bonds is 5. The Labute approximate surface area is 167 Å². The molecule has 0 spiro atoms. The summed E-state index contributed by atoms with van der Waals surface area (Å²) in [7, 11) is 1.56. The third-order valence-corrected chi connectivity index (χ3v) is 4.67. The van der Waals surface area contributed by atoms with Crippen LogP contribution in [0.4, 0.5) is 0 Å². The molecule has 1 N–H and O–H groups in total. The number of aryl methyl sites for hydroxylation is 1. The Morgan fingerprint density at radius 2 is 2.07 bits per heavy atom. The van der Waals surface area contributed by atoms with E-state index in [0.717, 1.165) is 28.2 Å². The summed E-state index contributed by atoms with van der Waals surface area (Å²) in [5.41, 5.74) is 5.94. The zero-order chi connectivity index (χ0) is 20.4. The summed E-state index contributed by atoms with van der Waals surface area (Å²) in [5.74, 6) is 1.15. The molecule has 0 aliphatic rings. The average molecular weight is 388 g/mol. The van der Waals surface area contributed by atoms with E-state index in [1.807, 2.05) is 54.8 Å². The van der Waals surface area contributed by atoms with Gasteiger partial charge in [0.25, 0.3) is 0 Å². The Morgan fingerprint density at radius 3 is 2.83 bits per heavy atom. The highest BCUT2D eigenvalue weighted by atomic mass is 16.5. The molecule has 4 rings (SSSR count). The van der Waals surface area contributed by atoms with Crippen LogP contribution in [0.15, 0.2) is 64.2 Å². The van der Waals surface area contributed by atoms with Crippen molar-refractivity contribution in [3.05, 3.63) is 77.4 Å². The number of para-hydroxylation sites is 1. The molecule has 3 aromatic heterocycles. The molecule has 0 bridgehead atoms. The number of carbonyl (C=O) groups excluding carboxylic acids is 1. The number of methoxy groups -OCH3 is 1. The van der Waals surface area contributed by atoms with Gasteiger partial charge < -0.3 is 13.7 Å². The molecule has 4 aromatic rings. The minimum atomic E-state index is -0.432. The number of aromatic nitrogens is 2. The van der Waals surface area contributed by atoms with E-state index in [9.17, 15) is 4.79 Å². The van der Waals surface area contributed by atoms with E-state index in [2.05, 4.69) is 15.5 Å². The van der Waals surface area contributed by atoms with Crippen molar-refractivity contribution in [3.8, 4) is 11.6 Å². The summed E-state index contributed by atoms with van der Waals surface area (Å²) >= 11 is 0. The van der Waals surface area contributed by atoms with Crippen molar-refractivity contribution in [2.45, 2.75) is 13.8 Å². The normalized spacial score (nSPS) is 11.3. The highest BCUT2D eigenvalue weighted by Gasteiger charge is 2.14. The van der Waals surface area contributed by atoms with Crippen molar-refractivity contribution < 1.29 is 13.9 Å². The third kappa shape index (κ3) is 3.50. The SMILES string of the molecule is COc1cccc2cc(C(=O)N/N=C/c3cc(C)n(-c4ccccn4)c3C)oc12. The van der Waals surface area contributed by atoms with E-state index in [4.69, 9.17) is 9.15 Å². The van der Waals surface area contributed by atoms with Gasteiger partial charge in [0.05, 0.1) is 13.3 Å². The lowest BCUT2D eigenvalue weighted by Gasteiger charge is -2.07. The van der Waals surface area contributed by atoms with E-state index in [1.54, 1.807) is 31.7 Å². The quantitative estimate of drug-likeness (QED) is 0.414. The van der Waals surface area contributed by atoms with Crippen LogP contribution >= 0.6 is 0 Å². The lowest BCUT2D eigenvalue weighted by Crippen LogP contribution is -2.16. The Morgan fingerprint density at radius 1 is 1.21 bits per heavy atom. The Hall–Kier alpha value is -3.87. The molecule has 0 unspecified atom stereocenters. The average Bonchev–Trinajstić information content (AvgIpc) is 3.29. The number of ether oxygens (including phenoxy) is 1. The van der Waals surface area contributed by atoms with E-state index in [1.165, 1.54) is 0 Å². The van der Waals surface area contributed by atoms with Gasteiger partial charge in [-0.3, -0.25) is 4.79 Å². The second-order valence-corrected chi connectivity index (χ2v) is 6.54. The molecule has 1 amide bonds. The minimum Gasteiger partial charge on any atom is -0.493 e. The van der Waals surface area contributed by atoms with E-state index < -0.39 is 5.91 Å². The first-order valence-electron chi connectivity index (χ1n) is 9.09. The maximum atomic E-state index is 12.4. The second kappa shape index (κ2) is 7.63. The number of furan rings is 1. The molecular formula is C22H20N4O3. The first-order chi connectivity index (χ1) is 14.1. The van der Waals surface area contributed by atoms with Crippen LogP contribution in [0.3, 0.4) is 0 Å². The molecule has 0 aliphatic carbocycles. The highest BCUT2D eigenvalue weighted by Crippen LogP contribution is 2.28. The molecule has 0 fully saturated rings. The molecule has 0 saturated carbocycles. The topological polar surface area (TPSA) is 81.6 Å². The number of nitrogens with zero attached hydrogens (tertiary/aromatic N) is 3. The highest BCUT2D eigenvalue weighted by molar-refractivity contribution is 5.97. The zero-order valence-electron chi connectivity index (χ0n) is 16.3. The number of nitrogens with one attached hydrogen (secondary N) is 1. The summed E-state index contributed by atoms with van der Waals surface area (Å²) in [6, 6.07) is 14.9. The largest absolute Gasteiger partial charge is 0.493 e. The number of hydrogen-bond donors (Lipinski definition) is 1. The molecule has 1 aromatic carbocycles. The summed E-state index contributed by atoms with van der Waals surface area (Å²) < 4.78 is 12.9. The number of hydrogen-bond acceptors (Lipinski definition) is 5. The van der Waals surface area contributed by atoms with Gasteiger partial charge in [-0.05, 0) is 44.2 Å². The van der Waals surface area contributed by atoms with Gasteiger partial charge in [-0.15, -0.1) is 0 Å². The number of benzene rings is 1. The molecule has 7 nitrogen and oxygen atoms in total. The Balaban J connectivity index is 1.53. The summed E-state index contributed by atoms with van der Waals surface area (Å²) in [6.07, 6.45) is 3.37. The summed E-state index contributed by atoms with van der Waals surface area (Å²) in [4.78, 5) is 16.8. The van der Waals surface area contributed by atoms with Gasteiger partial charge in [0.2, 0.25) is 0 Å². The fourth-order valence-electron chi connectivity index (χ4n) is 3.28. The van der Waals surface area contributed by atoms with Gasteiger partial charge in [-0.2, -0.15) is 5.10 Å². The van der Waals surface area contributed by atoms with Gasteiger partial charge in [0, 0.05) is 28.5 Å². The lowest BCUT2D eigenvalue weighted by atomic mass is 10.2. The van der Waals surface area contributed by atoms with E-state index >= 15 is 0 Å². The van der Waals surface area contributed by atoms with Gasteiger partial charge in [-0.1, -0.05) is 18.2 Å². The van der Waals surface area contributed by atoms with E-state index in [-0.39, 0.29) is 5.76 Å². The van der Waals surface area contributed by atoms with Crippen molar-refractivity contribution in [2.75, 3.05) is 7.11 Å². The monoisotopic (exact) mass is 388 g/mol. The third-order valence-electron chi connectivity index (χ3n) is 4.67. The number of pyridine rings is 1. The van der Waals surface area contributed by atoms with Crippen molar-refractivity contribution in [2.24, 2.45) is 5.10 Å². The lowest BCUT2D eigenvalue weighted by molar-refractivity contribution is 0.0929. The maximum absolute atomic E-state index is 12.4. The first-order valence-corrected chi connectivity index (χ1v) is 9.09. The molecule has 0 atom stereocenters. The minimum absolute atomic E-state index is 0.167. The van der Waals surface area contributed by atoms with Crippen LogP contribution in [0, 0.1) is 13.8 Å². The number of fused-ring (bicyclic) bond motifs is 1. The fourth-order valence-corrected chi connectivity index (χ4v) is 3.28. The van der Waals surface area contributed by atoms with Crippen LogP contribution in [-0.2, 0) is 0 Å². The van der Waals surface area contributed by atoms with Crippen molar-refractivity contribution >= 4 is 23.1 Å².